The monoisotopic (exact) mass is 396 g/mol. The van der Waals surface area contributed by atoms with Crippen LogP contribution in [0.15, 0.2) is 36.7 Å². The average Bonchev–Trinajstić information content (AvgIpc) is 3.09. The third-order valence-electron chi connectivity index (χ3n) is 5.11. The summed E-state index contributed by atoms with van der Waals surface area (Å²) in [6.07, 6.45) is 2.66. The van der Waals surface area contributed by atoms with Crippen LogP contribution in [-0.2, 0) is 7.05 Å². The molecule has 0 radical (unpaired) electrons. The van der Waals surface area contributed by atoms with Crippen LogP contribution < -0.4 is 5.73 Å². The minimum atomic E-state index is -0.706. The number of benzene rings is 1. The number of nitrogens with zero attached hydrogens (tertiary/aromatic N) is 5. The predicted octanol–water partition coefficient (Wildman–Crippen LogP) is 3.21. The van der Waals surface area contributed by atoms with Crippen molar-refractivity contribution in [1.29, 1.82) is 0 Å². The van der Waals surface area contributed by atoms with Crippen molar-refractivity contribution in [3.8, 4) is 0 Å². The molecule has 4 aromatic rings. The Morgan fingerprint density at radius 2 is 1.97 bits per heavy atom. The summed E-state index contributed by atoms with van der Waals surface area (Å²) in [5, 5.41) is 5.38. The summed E-state index contributed by atoms with van der Waals surface area (Å²) in [7, 11) is 3.28. The Kier molecular flexibility index (Phi) is 4.37. The number of aromatic nitrogens is 4. The van der Waals surface area contributed by atoms with E-state index in [-0.39, 0.29) is 11.4 Å². The zero-order valence-corrected chi connectivity index (χ0v) is 16.0. The molecule has 1 aromatic carbocycles. The van der Waals surface area contributed by atoms with Crippen molar-refractivity contribution in [2.24, 2.45) is 7.05 Å². The molecule has 0 spiro atoms. The largest absolute Gasteiger partial charge is 0.383 e. The van der Waals surface area contributed by atoms with Crippen LogP contribution >= 0.6 is 0 Å². The molecule has 0 bridgehead atoms. The molecular weight excluding hydrogens is 378 g/mol. The van der Waals surface area contributed by atoms with E-state index < -0.39 is 23.6 Å². The minimum Gasteiger partial charge on any atom is -0.383 e. The van der Waals surface area contributed by atoms with Gasteiger partial charge in [0.25, 0.3) is 5.91 Å². The van der Waals surface area contributed by atoms with Crippen molar-refractivity contribution in [3.05, 3.63) is 59.6 Å². The van der Waals surface area contributed by atoms with Crippen LogP contribution in [0.3, 0.4) is 0 Å². The molecule has 9 heteroatoms. The van der Waals surface area contributed by atoms with Crippen molar-refractivity contribution < 1.29 is 13.6 Å². The van der Waals surface area contributed by atoms with Gasteiger partial charge in [0.15, 0.2) is 0 Å². The second-order valence-corrected chi connectivity index (χ2v) is 6.87. The van der Waals surface area contributed by atoms with Gasteiger partial charge in [-0.1, -0.05) is 0 Å². The third-order valence-corrected chi connectivity index (χ3v) is 5.11. The van der Waals surface area contributed by atoms with Crippen LogP contribution in [0.5, 0.6) is 0 Å². The van der Waals surface area contributed by atoms with E-state index in [0.717, 1.165) is 6.20 Å². The van der Waals surface area contributed by atoms with Gasteiger partial charge in [-0.2, -0.15) is 5.10 Å². The number of nitrogen functional groups attached to an aromatic ring is 1. The third kappa shape index (κ3) is 3.04. The summed E-state index contributed by atoms with van der Waals surface area (Å²) < 4.78 is 29.5. The molecule has 0 saturated carbocycles. The van der Waals surface area contributed by atoms with Crippen LogP contribution in [0.2, 0.25) is 0 Å². The zero-order chi connectivity index (χ0) is 20.9. The lowest BCUT2D eigenvalue weighted by Crippen LogP contribution is -2.30. The molecule has 7 nitrogen and oxygen atoms in total. The van der Waals surface area contributed by atoms with E-state index in [1.807, 2.05) is 0 Å². The summed E-state index contributed by atoms with van der Waals surface area (Å²) in [6.45, 7) is 1.73. The Hall–Kier alpha value is -3.62. The van der Waals surface area contributed by atoms with Gasteiger partial charge in [-0.25, -0.2) is 13.8 Å². The number of aryl methyl sites for hydroxylation is 1. The lowest BCUT2D eigenvalue weighted by atomic mass is 10.1. The molecule has 0 fully saturated rings. The maximum absolute atomic E-state index is 14.8. The van der Waals surface area contributed by atoms with E-state index >= 15 is 0 Å². The molecule has 2 N–H and O–H groups in total. The van der Waals surface area contributed by atoms with Crippen molar-refractivity contribution in [1.82, 2.24) is 24.6 Å². The molecule has 4 rings (SSSR count). The SMILES string of the molecule is C[C@@H](c1ccc(F)cn1)N(C)C(=O)c1cc2c(cc1F)nc(N)c1cnn(C)c12. The fourth-order valence-corrected chi connectivity index (χ4v) is 3.34. The normalized spacial score (nSPS) is 12.4. The molecule has 0 aliphatic carbocycles. The van der Waals surface area contributed by atoms with Gasteiger partial charge in [-0.3, -0.25) is 14.5 Å². The first-order valence-electron chi connectivity index (χ1n) is 8.87. The quantitative estimate of drug-likeness (QED) is 0.574. The van der Waals surface area contributed by atoms with Gasteiger partial charge >= 0.3 is 0 Å². The first-order chi connectivity index (χ1) is 13.8. The van der Waals surface area contributed by atoms with Crippen molar-refractivity contribution in [2.75, 3.05) is 12.8 Å². The van der Waals surface area contributed by atoms with Crippen LogP contribution in [0, 0.1) is 11.6 Å². The topological polar surface area (TPSA) is 89.9 Å². The van der Waals surface area contributed by atoms with Crippen LogP contribution in [0.4, 0.5) is 14.6 Å². The zero-order valence-electron chi connectivity index (χ0n) is 16.0. The van der Waals surface area contributed by atoms with Crippen LogP contribution in [0.25, 0.3) is 21.8 Å². The molecule has 1 atom stereocenters. The number of carbonyl (C=O) groups excluding carboxylic acids is 1. The number of fused-ring (bicyclic) bond motifs is 3. The van der Waals surface area contributed by atoms with E-state index in [0.29, 0.717) is 27.5 Å². The number of nitrogens with two attached hydrogens (primary N) is 1. The Bertz CT molecular complexity index is 1250. The molecule has 148 valence electrons. The Morgan fingerprint density at radius 3 is 2.66 bits per heavy atom. The molecular formula is C20H18F2N6O. The molecule has 3 aromatic heterocycles. The number of rotatable bonds is 3. The highest BCUT2D eigenvalue weighted by atomic mass is 19.1. The molecule has 0 unspecified atom stereocenters. The Morgan fingerprint density at radius 1 is 1.21 bits per heavy atom. The number of hydrogen-bond acceptors (Lipinski definition) is 5. The molecule has 0 aliphatic heterocycles. The number of hydrogen-bond donors (Lipinski definition) is 1. The summed E-state index contributed by atoms with van der Waals surface area (Å²) in [6, 6.07) is 4.93. The van der Waals surface area contributed by atoms with E-state index in [2.05, 4.69) is 15.1 Å². The summed E-state index contributed by atoms with van der Waals surface area (Å²) in [4.78, 5) is 22.6. The standard InChI is InChI=1S/C20H18F2N6O/c1-10(16-5-4-11(21)8-24-16)27(2)20(29)12-6-13-17(7-15(12)22)26-19(23)14-9-25-28(3)18(13)14/h4-10H,1-3H3,(H2,23,26)/t10-/m0/s1. The predicted molar refractivity (Wildman–Crippen MR) is 105 cm³/mol. The maximum atomic E-state index is 14.8. The van der Waals surface area contributed by atoms with E-state index in [4.69, 9.17) is 5.73 Å². The molecule has 3 heterocycles. The van der Waals surface area contributed by atoms with Gasteiger partial charge in [0.1, 0.15) is 17.5 Å². The Labute approximate surface area is 164 Å². The summed E-state index contributed by atoms with van der Waals surface area (Å²) >= 11 is 0. The van der Waals surface area contributed by atoms with E-state index in [9.17, 15) is 13.6 Å². The number of amides is 1. The number of anilines is 1. The first-order valence-corrected chi connectivity index (χ1v) is 8.87. The summed E-state index contributed by atoms with van der Waals surface area (Å²) in [5.41, 5.74) is 7.34. The van der Waals surface area contributed by atoms with Crippen LogP contribution in [-0.4, -0.2) is 37.6 Å². The summed E-state index contributed by atoms with van der Waals surface area (Å²) in [5.74, 6) is -1.47. The highest BCUT2D eigenvalue weighted by molar-refractivity contribution is 6.10. The van der Waals surface area contributed by atoms with Gasteiger partial charge in [-0.15, -0.1) is 0 Å². The molecule has 0 aliphatic rings. The second kappa shape index (κ2) is 6.77. The lowest BCUT2D eigenvalue weighted by Gasteiger charge is -2.25. The smallest absolute Gasteiger partial charge is 0.257 e. The highest BCUT2D eigenvalue weighted by Gasteiger charge is 2.24. The lowest BCUT2D eigenvalue weighted by molar-refractivity contribution is 0.0735. The fourth-order valence-electron chi connectivity index (χ4n) is 3.34. The van der Waals surface area contributed by atoms with Gasteiger partial charge in [0.2, 0.25) is 0 Å². The van der Waals surface area contributed by atoms with Crippen molar-refractivity contribution in [2.45, 2.75) is 13.0 Å². The average molecular weight is 396 g/mol. The second-order valence-electron chi connectivity index (χ2n) is 6.87. The van der Waals surface area contributed by atoms with Crippen molar-refractivity contribution >= 4 is 33.5 Å². The van der Waals surface area contributed by atoms with E-state index in [1.165, 1.54) is 29.2 Å². The van der Waals surface area contributed by atoms with Gasteiger partial charge < -0.3 is 10.6 Å². The number of pyridine rings is 2. The first kappa shape index (κ1) is 18.7. The molecule has 0 saturated heterocycles. The maximum Gasteiger partial charge on any atom is 0.257 e. The number of carbonyl (C=O) groups is 1. The fraction of sp³-hybridized carbons (Fsp3) is 0.200. The van der Waals surface area contributed by atoms with Gasteiger partial charge in [0.05, 0.1) is 46.1 Å². The molecule has 29 heavy (non-hydrogen) atoms. The number of halogens is 2. The van der Waals surface area contributed by atoms with Crippen LogP contribution in [0.1, 0.15) is 29.0 Å². The van der Waals surface area contributed by atoms with Gasteiger partial charge in [-0.05, 0) is 25.1 Å². The molecule has 1 amide bonds. The Balaban J connectivity index is 1.80. The van der Waals surface area contributed by atoms with E-state index in [1.54, 1.807) is 31.9 Å². The minimum absolute atomic E-state index is 0.108. The highest BCUT2D eigenvalue weighted by Crippen LogP contribution is 2.30. The van der Waals surface area contributed by atoms with Crippen molar-refractivity contribution in [3.63, 3.8) is 0 Å². The van der Waals surface area contributed by atoms with Gasteiger partial charge in [0, 0.05) is 25.5 Å².